The second kappa shape index (κ2) is 4.69. The van der Waals surface area contributed by atoms with Crippen LogP contribution in [0.3, 0.4) is 0 Å². The van der Waals surface area contributed by atoms with Crippen LogP contribution in [-0.4, -0.2) is 28.4 Å². The quantitative estimate of drug-likeness (QED) is 0.617. The van der Waals surface area contributed by atoms with Gasteiger partial charge in [0, 0.05) is 30.3 Å². The van der Waals surface area contributed by atoms with Crippen LogP contribution in [0.1, 0.15) is 5.69 Å². The number of aromatic nitrogens is 2. The van der Waals surface area contributed by atoms with Gasteiger partial charge in [-0.3, -0.25) is 14.8 Å². The summed E-state index contributed by atoms with van der Waals surface area (Å²) in [5, 5.41) is 15.4. The van der Waals surface area contributed by atoms with E-state index >= 15 is 0 Å². The summed E-state index contributed by atoms with van der Waals surface area (Å²) in [4.78, 5) is 9.94. The Morgan fingerprint density at radius 1 is 1.56 bits per heavy atom. The van der Waals surface area contributed by atoms with Crippen molar-refractivity contribution in [3.63, 3.8) is 0 Å². The average Bonchev–Trinajstić information content (AvgIpc) is 2.61. The molecule has 0 spiro atoms. The van der Waals surface area contributed by atoms with E-state index in [-0.39, 0.29) is 0 Å². The predicted molar refractivity (Wildman–Crippen MR) is 63.0 cm³/mol. The number of methoxy groups -OCH3 is 1. The number of halogens is 1. The maximum absolute atomic E-state index is 13.4. The number of hydrogen-bond acceptors (Lipinski definition) is 4. The van der Waals surface area contributed by atoms with Gasteiger partial charge >= 0.3 is 5.69 Å². The fourth-order valence-electron chi connectivity index (χ4n) is 1.80. The van der Waals surface area contributed by atoms with E-state index in [1.165, 1.54) is 6.07 Å². The van der Waals surface area contributed by atoms with Gasteiger partial charge in [-0.05, 0) is 6.92 Å². The smallest absolute Gasteiger partial charge is 0.305 e. The number of fused-ring (bicyclic) bond motifs is 1. The largest absolute Gasteiger partial charge is 0.383 e. The van der Waals surface area contributed by atoms with Crippen LogP contribution < -0.4 is 0 Å². The third-order valence-electron chi connectivity index (χ3n) is 2.77. The Bertz CT molecular complexity index is 609. The highest BCUT2D eigenvalue weighted by atomic mass is 19.1. The van der Waals surface area contributed by atoms with Crippen LogP contribution in [0.25, 0.3) is 10.9 Å². The molecular formula is C11H12FN3O3. The van der Waals surface area contributed by atoms with E-state index in [9.17, 15) is 14.5 Å². The molecule has 1 aromatic heterocycles. The molecular weight excluding hydrogens is 241 g/mol. The topological polar surface area (TPSA) is 70.2 Å². The molecule has 0 aliphatic heterocycles. The molecule has 0 radical (unpaired) electrons. The van der Waals surface area contributed by atoms with Gasteiger partial charge < -0.3 is 4.74 Å². The normalized spacial score (nSPS) is 11.1. The Hall–Kier alpha value is -2.02. The molecule has 0 fully saturated rings. The summed E-state index contributed by atoms with van der Waals surface area (Å²) in [6, 6.07) is 2.31. The Morgan fingerprint density at radius 3 is 2.89 bits per heavy atom. The highest BCUT2D eigenvalue weighted by molar-refractivity contribution is 5.83. The monoisotopic (exact) mass is 253 g/mol. The molecule has 0 N–H and O–H groups in total. The van der Waals surface area contributed by atoms with Crippen LogP contribution in [0.5, 0.6) is 0 Å². The van der Waals surface area contributed by atoms with Gasteiger partial charge in [0.25, 0.3) is 0 Å². The summed E-state index contributed by atoms with van der Waals surface area (Å²) >= 11 is 0. The molecule has 0 unspecified atom stereocenters. The molecule has 0 aliphatic carbocycles. The van der Waals surface area contributed by atoms with Gasteiger partial charge in [0.05, 0.1) is 23.6 Å². The molecule has 0 atom stereocenters. The third-order valence-corrected chi connectivity index (χ3v) is 2.77. The van der Waals surface area contributed by atoms with Crippen molar-refractivity contribution in [2.24, 2.45) is 0 Å². The van der Waals surface area contributed by atoms with E-state index in [0.717, 1.165) is 11.8 Å². The van der Waals surface area contributed by atoms with E-state index < -0.39 is 16.4 Å². The molecule has 0 bridgehead atoms. The van der Waals surface area contributed by atoms with Crippen molar-refractivity contribution in [3.05, 3.63) is 33.8 Å². The minimum absolute atomic E-state index is 0.409. The standard InChI is InChI=1S/C11H12FN3O3/c1-7-8-5-11(15(16)17)9(12)6-10(8)13-14(7)3-4-18-2/h5-6H,3-4H2,1-2H3. The number of nitro benzene ring substituents is 1. The molecule has 18 heavy (non-hydrogen) atoms. The Labute approximate surface area is 102 Å². The summed E-state index contributed by atoms with van der Waals surface area (Å²) < 4.78 is 20.0. The van der Waals surface area contributed by atoms with E-state index in [1.807, 2.05) is 0 Å². The third kappa shape index (κ3) is 2.04. The average molecular weight is 253 g/mol. The van der Waals surface area contributed by atoms with E-state index in [0.29, 0.717) is 24.1 Å². The van der Waals surface area contributed by atoms with Crippen molar-refractivity contribution < 1.29 is 14.1 Å². The van der Waals surface area contributed by atoms with Crippen LogP contribution >= 0.6 is 0 Å². The molecule has 7 heteroatoms. The molecule has 6 nitrogen and oxygen atoms in total. The van der Waals surface area contributed by atoms with Crippen molar-refractivity contribution in [2.45, 2.75) is 13.5 Å². The first-order valence-corrected chi connectivity index (χ1v) is 5.34. The Morgan fingerprint density at radius 2 is 2.28 bits per heavy atom. The van der Waals surface area contributed by atoms with Crippen LogP contribution in [0.2, 0.25) is 0 Å². The molecule has 0 saturated carbocycles. The minimum atomic E-state index is -0.871. The predicted octanol–water partition coefficient (Wildman–Crippen LogP) is 2.04. The van der Waals surface area contributed by atoms with Gasteiger partial charge in [0.15, 0.2) is 0 Å². The lowest BCUT2D eigenvalue weighted by atomic mass is 10.2. The van der Waals surface area contributed by atoms with Crippen LogP contribution in [-0.2, 0) is 11.3 Å². The fourth-order valence-corrected chi connectivity index (χ4v) is 1.80. The number of rotatable bonds is 4. The summed E-state index contributed by atoms with van der Waals surface area (Å²) in [6.45, 7) is 2.78. The molecule has 2 aromatic rings. The van der Waals surface area contributed by atoms with E-state index in [4.69, 9.17) is 4.74 Å². The Balaban J connectivity index is 2.55. The van der Waals surface area contributed by atoms with Gasteiger partial charge in [-0.2, -0.15) is 9.49 Å². The zero-order chi connectivity index (χ0) is 13.3. The molecule has 1 aromatic carbocycles. The summed E-state index contributed by atoms with van der Waals surface area (Å²) in [5.74, 6) is -0.871. The molecule has 0 amide bonds. The molecule has 0 saturated heterocycles. The summed E-state index contributed by atoms with van der Waals surface area (Å²) in [7, 11) is 1.57. The first-order chi connectivity index (χ1) is 8.54. The van der Waals surface area contributed by atoms with Gasteiger partial charge in [0.1, 0.15) is 0 Å². The van der Waals surface area contributed by atoms with Crippen molar-refractivity contribution in [1.82, 2.24) is 9.78 Å². The van der Waals surface area contributed by atoms with Crippen molar-refractivity contribution in [3.8, 4) is 0 Å². The van der Waals surface area contributed by atoms with Gasteiger partial charge in [-0.15, -0.1) is 0 Å². The fraction of sp³-hybridized carbons (Fsp3) is 0.364. The maximum Gasteiger partial charge on any atom is 0.305 e. The van der Waals surface area contributed by atoms with Gasteiger partial charge in [0.2, 0.25) is 5.82 Å². The SMILES string of the molecule is COCCn1nc2cc(F)c([N+](=O)[O-])cc2c1C. The summed E-state index contributed by atoms with van der Waals surface area (Å²) in [6.07, 6.45) is 0. The first kappa shape index (κ1) is 12.4. The highest BCUT2D eigenvalue weighted by Crippen LogP contribution is 2.26. The number of ether oxygens (including phenoxy) is 1. The zero-order valence-corrected chi connectivity index (χ0v) is 10.0. The second-order valence-corrected chi connectivity index (χ2v) is 3.88. The second-order valence-electron chi connectivity index (χ2n) is 3.88. The number of nitro groups is 1. The molecule has 0 aliphatic rings. The maximum atomic E-state index is 13.4. The first-order valence-electron chi connectivity index (χ1n) is 5.34. The number of benzene rings is 1. The number of aryl methyl sites for hydroxylation is 1. The van der Waals surface area contributed by atoms with Crippen molar-refractivity contribution >= 4 is 16.6 Å². The van der Waals surface area contributed by atoms with Crippen LogP contribution in [0, 0.1) is 22.9 Å². The molecule has 96 valence electrons. The highest BCUT2D eigenvalue weighted by Gasteiger charge is 2.18. The number of hydrogen-bond donors (Lipinski definition) is 0. The van der Waals surface area contributed by atoms with E-state index in [1.54, 1.807) is 18.7 Å². The Kier molecular flexibility index (Phi) is 3.24. The van der Waals surface area contributed by atoms with E-state index in [2.05, 4.69) is 5.10 Å². The van der Waals surface area contributed by atoms with Crippen molar-refractivity contribution in [2.75, 3.05) is 13.7 Å². The van der Waals surface area contributed by atoms with Gasteiger partial charge in [-0.1, -0.05) is 0 Å². The van der Waals surface area contributed by atoms with Crippen molar-refractivity contribution in [1.29, 1.82) is 0 Å². The van der Waals surface area contributed by atoms with Crippen LogP contribution in [0.4, 0.5) is 10.1 Å². The lowest BCUT2D eigenvalue weighted by Crippen LogP contribution is -2.07. The van der Waals surface area contributed by atoms with Crippen LogP contribution in [0.15, 0.2) is 12.1 Å². The minimum Gasteiger partial charge on any atom is -0.383 e. The summed E-state index contributed by atoms with van der Waals surface area (Å²) in [5.41, 5.74) is 0.633. The lowest BCUT2D eigenvalue weighted by molar-refractivity contribution is -0.387. The zero-order valence-electron chi connectivity index (χ0n) is 10.0. The molecule has 2 rings (SSSR count). The van der Waals surface area contributed by atoms with Gasteiger partial charge in [-0.25, -0.2) is 0 Å². The lowest BCUT2D eigenvalue weighted by Gasteiger charge is -2.01. The number of nitrogens with zero attached hydrogens (tertiary/aromatic N) is 3. The molecule has 1 heterocycles.